The number of rotatable bonds is 4. The van der Waals surface area contributed by atoms with Gasteiger partial charge in [-0.1, -0.05) is 11.6 Å². The lowest BCUT2D eigenvalue weighted by Crippen LogP contribution is -2.13. The van der Waals surface area contributed by atoms with Crippen molar-refractivity contribution in [2.75, 3.05) is 0 Å². The highest BCUT2D eigenvalue weighted by atomic mass is 35.5. The highest BCUT2D eigenvalue weighted by molar-refractivity contribution is 6.32. The maximum absolute atomic E-state index is 13.1. The number of carbonyl (C=O) groups is 1. The van der Waals surface area contributed by atoms with Crippen LogP contribution in [-0.2, 0) is 21.9 Å². The number of halogens is 7. The van der Waals surface area contributed by atoms with E-state index in [0.29, 0.717) is 12.1 Å². The molecule has 0 amide bonds. The number of hydrogen-bond donors (Lipinski definition) is 0. The molecule has 0 atom stereocenters. The van der Waals surface area contributed by atoms with Crippen LogP contribution in [0.1, 0.15) is 25.0 Å². The number of aromatic nitrogens is 3. The Balaban J connectivity index is 2.45. The van der Waals surface area contributed by atoms with Crippen molar-refractivity contribution in [2.45, 2.75) is 32.3 Å². The van der Waals surface area contributed by atoms with Gasteiger partial charge in [-0.3, -0.25) is 0 Å². The van der Waals surface area contributed by atoms with E-state index in [0.717, 1.165) is 23.3 Å². The summed E-state index contributed by atoms with van der Waals surface area (Å²) in [5.41, 5.74) is -3.86. The summed E-state index contributed by atoms with van der Waals surface area (Å²) < 4.78 is 84.2. The van der Waals surface area contributed by atoms with E-state index in [9.17, 15) is 31.1 Å². The smallest absolute Gasteiger partial charge is 0.417 e. The number of ether oxygens (including phenoxy) is 1. The van der Waals surface area contributed by atoms with Gasteiger partial charge in [-0.15, -0.1) is 5.10 Å². The minimum absolute atomic E-state index is 0.376. The first-order valence-corrected chi connectivity index (χ1v) is 7.95. The molecule has 0 saturated carbocycles. The third kappa shape index (κ3) is 5.24. The molecule has 5 nitrogen and oxygen atoms in total. The lowest BCUT2D eigenvalue weighted by Gasteiger charge is -2.16. The SMILES string of the molecule is CC(C)OC(=O)/C=C/n1cnc(-c2cc(C(F)(F)F)c(Cl)c(C(F)(F)F)c2)n1. The van der Waals surface area contributed by atoms with Gasteiger partial charge < -0.3 is 4.74 Å². The number of hydrogen-bond acceptors (Lipinski definition) is 4. The standard InChI is InChI=1S/C16H12ClF6N3O2/c1-8(2)28-12(27)3-4-26-7-24-14(25-26)9-5-10(15(18,19)20)13(17)11(6-9)16(21,22)23/h3-8H,1-2H3/b4-3+. The molecular formula is C16H12ClF6N3O2. The number of alkyl halides is 6. The van der Waals surface area contributed by atoms with E-state index in [1.54, 1.807) is 13.8 Å². The fourth-order valence-electron chi connectivity index (χ4n) is 2.05. The van der Waals surface area contributed by atoms with Gasteiger partial charge in [0.25, 0.3) is 0 Å². The Labute approximate surface area is 159 Å². The van der Waals surface area contributed by atoms with Crippen molar-refractivity contribution >= 4 is 23.8 Å². The molecule has 0 saturated heterocycles. The second-order valence-electron chi connectivity index (χ2n) is 5.73. The van der Waals surface area contributed by atoms with Gasteiger partial charge in [0.2, 0.25) is 0 Å². The van der Waals surface area contributed by atoms with E-state index < -0.39 is 45.9 Å². The van der Waals surface area contributed by atoms with Gasteiger partial charge in [-0.05, 0) is 26.0 Å². The Morgan fingerprint density at radius 3 is 2.14 bits per heavy atom. The van der Waals surface area contributed by atoms with E-state index in [-0.39, 0.29) is 6.10 Å². The highest BCUT2D eigenvalue weighted by Gasteiger charge is 2.41. The molecule has 0 aliphatic carbocycles. The molecule has 152 valence electrons. The molecule has 1 aromatic carbocycles. The monoisotopic (exact) mass is 427 g/mol. The van der Waals surface area contributed by atoms with Gasteiger partial charge in [-0.25, -0.2) is 14.5 Å². The van der Waals surface area contributed by atoms with Crippen molar-refractivity contribution in [1.82, 2.24) is 14.8 Å². The average molecular weight is 428 g/mol. The third-order valence-corrected chi connectivity index (χ3v) is 3.57. The topological polar surface area (TPSA) is 57.0 Å². The summed E-state index contributed by atoms with van der Waals surface area (Å²) in [6, 6.07) is 0.849. The Bertz CT molecular complexity index is 868. The highest BCUT2D eigenvalue weighted by Crippen LogP contribution is 2.44. The molecule has 1 heterocycles. The van der Waals surface area contributed by atoms with Gasteiger partial charge in [0.05, 0.1) is 22.3 Å². The predicted molar refractivity (Wildman–Crippen MR) is 87.0 cm³/mol. The zero-order valence-electron chi connectivity index (χ0n) is 14.3. The van der Waals surface area contributed by atoms with Crippen molar-refractivity contribution in [3.8, 4) is 11.4 Å². The largest absolute Gasteiger partial charge is 0.460 e. The number of carbonyl (C=O) groups excluding carboxylic acids is 1. The zero-order valence-corrected chi connectivity index (χ0v) is 15.0. The van der Waals surface area contributed by atoms with Gasteiger partial charge in [0.1, 0.15) is 6.33 Å². The van der Waals surface area contributed by atoms with Crippen molar-refractivity contribution in [2.24, 2.45) is 0 Å². The second-order valence-corrected chi connectivity index (χ2v) is 6.11. The molecule has 1 aromatic heterocycles. The van der Waals surface area contributed by atoms with E-state index in [1.807, 2.05) is 0 Å². The number of nitrogens with zero attached hydrogens (tertiary/aromatic N) is 3. The van der Waals surface area contributed by atoms with Crippen LogP contribution < -0.4 is 0 Å². The van der Waals surface area contributed by atoms with Crippen molar-refractivity contribution in [3.63, 3.8) is 0 Å². The molecule has 0 aliphatic rings. The molecule has 0 N–H and O–H groups in total. The van der Waals surface area contributed by atoms with Gasteiger partial charge in [0.15, 0.2) is 5.82 Å². The second kappa shape index (κ2) is 7.82. The summed E-state index contributed by atoms with van der Waals surface area (Å²) in [4.78, 5) is 15.1. The third-order valence-electron chi connectivity index (χ3n) is 3.17. The fourth-order valence-corrected chi connectivity index (χ4v) is 2.38. The van der Waals surface area contributed by atoms with Crippen molar-refractivity contribution < 1.29 is 35.9 Å². The maximum Gasteiger partial charge on any atom is 0.417 e. The Hall–Kier alpha value is -2.56. The van der Waals surface area contributed by atoms with Crippen LogP contribution in [0.25, 0.3) is 17.6 Å². The Morgan fingerprint density at radius 1 is 1.14 bits per heavy atom. The first-order valence-electron chi connectivity index (χ1n) is 7.57. The quantitative estimate of drug-likeness (QED) is 0.389. The minimum atomic E-state index is -5.11. The maximum atomic E-state index is 13.1. The molecule has 0 fully saturated rings. The van der Waals surface area contributed by atoms with Gasteiger partial charge >= 0.3 is 18.3 Å². The molecule has 2 aromatic rings. The van der Waals surface area contributed by atoms with E-state index in [2.05, 4.69) is 10.1 Å². The zero-order chi connectivity index (χ0) is 21.3. The van der Waals surface area contributed by atoms with E-state index in [4.69, 9.17) is 16.3 Å². The molecule has 0 spiro atoms. The Kier molecular flexibility index (Phi) is 6.07. The summed E-state index contributed by atoms with van der Waals surface area (Å²) in [5.74, 6) is -1.13. The number of esters is 1. The molecule has 0 bridgehead atoms. The van der Waals surface area contributed by atoms with Crippen LogP contribution in [0.2, 0.25) is 5.02 Å². The molecule has 0 aliphatic heterocycles. The van der Waals surface area contributed by atoms with Gasteiger partial charge in [-0.2, -0.15) is 26.3 Å². The number of benzene rings is 1. The summed E-state index contributed by atoms with van der Waals surface area (Å²) in [6.07, 6.45) is -7.54. The Morgan fingerprint density at radius 2 is 1.68 bits per heavy atom. The summed E-state index contributed by atoms with van der Waals surface area (Å²) >= 11 is 5.32. The molecular weight excluding hydrogens is 416 g/mol. The lowest BCUT2D eigenvalue weighted by atomic mass is 10.0. The first-order chi connectivity index (χ1) is 12.8. The molecule has 12 heteroatoms. The van der Waals surface area contributed by atoms with E-state index in [1.165, 1.54) is 0 Å². The fraction of sp³-hybridized carbons (Fsp3) is 0.312. The normalized spacial score (nSPS) is 12.8. The molecule has 0 radical (unpaired) electrons. The summed E-state index contributed by atoms with van der Waals surface area (Å²) in [5, 5.41) is 2.28. The van der Waals surface area contributed by atoms with Crippen molar-refractivity contribution in [3.05, 3.63) is 40.7 Å². The predicted octanol–water partition coefficient (Wildman–Crippen LogP) is 5.06. The molecule has 0 unspecified atom stereocenters. The van der Waals surface area contributed by atoms with E-state index >= 15 is 0 Å². The summed E-state index contributed by atoms with van der Waals surface area (Å²) in [6.45, 7) is 3.24. The van der Waals surface area contributed by atoms with Crippen LogP contribution in [0.4, 0.5) is 26.3 Å². The van der Waals surface area contributed by atoms with Crippen LogP contribution in [-0.4, -0.2) is 26.8 Å². The van der Waals surface area contributed by atoms with Crippen LogP contribution >= 0.6 is 11.6 Å². The van der Waals surface area contributed by atoms with Crippen LogP contribution in [0.5, 0.6) is 0 Å². The van der Waals surface area contributed by atoms with Crippen molar-refractivity contribution in [1.29, 1.82) is 0 Å². The first kappa shape index (κ1) is 21.7. The average Bonchev–Trinajstić information content (AvgIpc) is 2.99. The molecule has 2 rings (SSSR count). The van der Waals surface area contributed by atoms with Gasteiger partial charge in [0, 0.05) is 17.8 Å². The lowest BCUT2D eigenvalue weighted by molar-refractivity contribution is -0.143. The molecule has 28 heavy (non-hydrogen) atoms. The van der Waals surface area contributed by atoms with Crippen LogP contribution in [0.15, 0.2) is 24.5 Å². The van der Waals surface area contributed by atoms with Crippen LogP contribution in [0, 0.1) is 0 Å². The van der Waals surface area contributed by atoms with Crippen LogP contribution in [0.3, 0.4) is 0 Å². The summed E-state index contributed by atoms with van der Waals surface area (Å²) in [7, 11) is 0. The minimum Gasteiger partial charge on any atom is -0.460 e.